The average Bonchev–Trinajstić information content (AvgIpc) is 3.32. The van der Waals surface area contributed by atoms with Gasteiger partial charge < -0.3 is 9.40 Å². The van der Waals surface area contributed by atoms with E-state index in [0.29, 0.717) is 0 Å². The number of fused-ring (bicyclic) bond motifs is 2. The summed E-state index contributed by atoms with van der Waals surface area (Å²) in [6, 6.07) is 14.2. The standard InChI is InChI=1S/C18H12N4O/c1-2-13(9-16-12(1)5-7-19-16)18-21-20-17-4-3-14(10-22(17)18)15-6-8-23-11-15/h1-11,19H. The molecule has 0 amide bonds. The number of pyridine rings is 1. The molecule has 0 atom stereocenters. The minimum atomic E-state index is 0.818. The van der Waals surface area contributed by atoms with Crippen molar-refractivity contribution in [2.24, 2.45) is 0 Å². The Kier molecular flexibility index (Phi) is 2.43. The summed E-state index contributed by atoms with van der Waals surface area (Å²) in [5.41, 5.74) is 5.03. The normalized spacial score (nSPS) is 11.5. The third kappa shape index (κ3) is 1.87. The van der Waals surface area contributed by atoms with Gasteiger partial charge in [-0.3, -0.25) is 4.40 Å². The number of furan rings is 1. The van der Waals surface area contributed by atoms with Crippen LogP contribution in [0.15, 0.2) is 71.8 Å². The Morgan fingerprint density at radius 2 is 1.87 bits per heavy atom. The Bertz CT molecular complexity index is 1120. The molecule has 0 saturated heterocycles. The minimum absolute atomic E-state index is 0.818. The van der Waals surface area contributed by atoms with Gasteiger partial charge in [-0.15, -0.1) is 10.2 Å². The van der Waals surface area contributed by atoms with Gasteiger partial charge in [-0.2, -0.15) is 0 Å². The number of hydrogen-bond acceptors (Lipinski definition) is 3. The van der Waals surface area contributed by atoms with Crippen molar-refractivity contribution >= 4 is 16.6 Å². The van der Waals surface area contributed by atoms with Crippen molar-refractivity contribution in [3.05, 3.63) is 67.4 Å². The summed E-state index contributed by atoms with van der Waals surface area (Å²) in [4.78, 5) is 3.23. The third-order valence-electron chi connectivity index (χ3n) is 4.07. The van der Waals surface area contributed by atoms with Crippen molar-refractivity contribution in [2.75, 3.05) is 0 Å². The molecule has 0 radical (unpaired) electrons. The number of benzene rings is 1. The van der Waals surface area contributed by atoms with Crippen LogP contribution in [0.2, 0.25) is 0 Å². The maximum atomic E-state index is 5.17. The highest BCUT2D eigenvalue weighted by Gasteiger charge is 2.10. The van der Waals surface area contributed by atoms with Crippen molar-refractivity contribution < 1.29 is 4.42 Å². The Balaban J connectivity index is 1.72. The van der Waals surface area contributed by atoms with Gasteiger partial charge in [-0.25, -0.2) is 0 Å². The van der Waals surface area contributed by atoms with E-state index in [1.807, 2.05) is 35.0 Å². The largest absolute Gasteiger partial charge is 0.472 e. The Morgan fingerprint density at radius 1 is 0.913 bits per heavy atom. The number of rotatable bonds is 2. The number of nitrogens with one attached hydrogen (secondary N) is 1. The van der Waals surface area contributed by atoms with E-state index in [1.165, 1.54) is 5.39 Å². The van der Waals surface area contributed by atoms with E-state index in [-0.39, 0.29) is 0 Å². The van der Waals surface area contributed by atoms with E-state index in [2.05, 4.69) is 39.4 Å². The molecule has 4 aromatic heterocycles. The first-order valence-electron chi connectivity index (χ1n) is 7.33. The van der Waals surface area contributed by atoms with Crippen LogP contribution >= 0.6 is 0 Å². The van der Waals surface area contributed by atoms with Crippen molar-refractivity contribution in [1.82, 2.24) is 19.6 Å². The SMILES string of the molecule is c1cc2ccc(-c3nnc4ccc(-c5ccoc5)cn34)cc2[nH]1. The zero-order chi connectivity index (χ0) is 15.2. The van der Waals surface area contributed by atoms with Crippen molar-refractivity contribution in [1.29, 1.82) is 0 Å². The molecule has 5 rings (SSSR count). The first-order chi connectivity index (χ1) is 11.4. The van der Waals surface area contributed by atoms with Crippen LogP contribution in [-0.2, 0) is 0 Å². The summed E-state index contributed by atoms with van der Waals surface area (Å²) >= 11 is 0. The minimum Gasteiger partial charge on any atom is -0.472 e. The maximum Gasteiger partial charge on any atom is 0.168 e. The second kappa shape index (κ2) is 4.58. The molecule has 5 aromatic rings. The molecule has 0 unspecified atom stereocenters. The number of aromatic amines is 1. The Labute approximate surface area is 131 Å². The van der Waals surface area contributed by atoms with Crippen molar-refractivity contribution in [2.45, 2.75) is 0 Å². The topological polar surface area (TPSA) is 59.1 Å². The third-order valence-corrected chi connectivity index (χ3v) is 4.07. The summed E-state index contributed by atoms with van der Waals surface area (Å²) in [7, 11) is 0. The summed E-state index contributed by atoms with van der Waals surface area (Å²) < 4.78 is 7.18. The van der Waals surface area contributed by atoms with Gasteiger partial charge in [0, 0.05) is 34.6 Å². The van der Waals surface area contributed by atoms with Crippen LogP contribution in [0.1, 0.15) is 0 Å². The number of aromatic nitrogens is 4. The highest BCUT2D eigenvalue weighted by atomic mass is 16.3. The first-order valence-corrected chi connectivity index (χ1v) is 7.33. The van der Waals surface area contributed by atoms with E-state index in [0.717, 1.165) is 33.7 Å². The molecule has 0 aliphatic carbocycles. The summed E-state index contributed by atoms with van der Waals surface area (Å²) in [5, 5.41) is 9.80. The number of nitrogens with zero attached hydrogens (tertiary/aromatic N) is 3. The van der Waals surface area contributed by atoms with Crippen LogP contribution in [0.3, 0.4) is 0 Å². The summed E-state index contributed by atoms with van der Waals surface area (Å²) in [6.07, 6.45) is 7.38. The van der Waals surface area contributed by atoms with Crippen molar-refractivity contribution in [3.63, 3.8) is 0 Å². The van der Waals surface area contributed by atoms with Crippen LogP contribution in [0.4, 0.5) is 0 Å². The van der Waals surface area contributed by atoms with Gasteiger partial charge >= 0.3 is 0 Å². The number of hydrogen-bond donors (Lipinski definition) is 1. The monoisotopic (exact) mass is 300 g/mol. The molecule has 23 heavy (non-hydrogen) atoms. The van der Waals surface area contributed by atoms with Crippen LogP contribution in [0.5, 0.6) is 0 Å². The van der Waals surface area contributed by atoms with Gasteiger partial charge in [-0.05, 0) is 35.7 Å². The highest BCUT2D eigenvalue weighted by Crippen LogP contribution is 2.26. The molecular formula is C18H12N4O. The van der Waals surface area contributed by atoms with Gasteiger partial charge in [-0.1, -0.05) is 12.1 Å². The molecule has 0 aliphatic rings. The van der Waals surface area contributed by atoms with Gasteiger partial charge in [0.2, 0.25) is 0 Å². The predicted molar refractivity (Wildman–Crippen MR) is 88.0 cm³/mol. The smallest absolute Gasteiger partial charge is 0.168 e. The van der Waals surface area contributed by atoms with E-state index in [9.17, 15) is 0 Å². The first kappa shape index (κ1) is 12.2. The molecule has 0 saturated carbocycles. The van der Waals surface area contributed by atoms with E-state index in [1.54, 1.807) is 12.5 Å². The van der Waals surface area contributed by atoms with Gasteiger partial charge in [0.15, 0.2) is 11.5 Å². The van der Waals surface area contributed by atoms with Gasteiger partial charge in [0.25, 0.3) is 0 Å². The lowest BCUT2D eigenvalue weighted by atomic mass is 10.1. The van der Waals surface area contributed by atoms with Crippen molar-refractivity contribution in [3.8, 4) is 22.5 Å². The van der Waals surface area contributed by atoms with Crippen LogP contribution in [0.25, 0.3) is 39.1 Å². The molecule has 0 bridgehead atoms. The Hall–Kier alpha value is -3.34. The maximum absolute atomic E-state index is 5.17. The fraction of sp³-hybridized carbons (Fsp3) is 0. The molecule has 5 heteroatoms. The molecule has 1 N–H and O–H groups in total. The molecular weight excluding hydrogens is 288 g/mol. The molecule has 0 fully saturated rings. The second-order valence-corrected chi connectivity index (χ2v) is 5.46. The zero-order valence-electron chi connectivity index (χ0n) is 12.1. The lowest BCUT2D eigenvalue weighted by Gasteiger charge is -2.03. The van der Waals surface area contributed by atoms with E-state index in [4.69, 9.17) is 4.42 Å². The molecule has 1 aromatic carbocycles. The summed E-state index contributed by atoms with van der Waals surface area (Å²) in [6.45, 7) is 0. The van der Waals surface area contributed by atoms with Gasteiger partial charge in [0.1, 0.15) is 0 Å². The van der Waals surface area contributed by atoms with Crippen LogP contribution in [-0.4, -0.2) is 19.6 Å². The zero-order valence-corrected chi connectivity index (χ0v) is 12.1. The molecule has 5 nitrogen and oxygen atoms in total. The Morgan fingerprint density at radius 3 is 2.78 bits per heavy atom. The van der Waals surface area contributed by atoms with Gasteiger partial charge in [0.05, 0.1) is 12.5 Å². The van der Waals surface area contributed by atoms with Crippen LogP contribution < -0.4 is 0 Å². The summed E-state index contributed by atoms with van der Waals surface area (Å²) in [5.74, 6) is 0.821. The number of H-pyrrole nitrogens is 1. The lowest BCUT2D eigenvalue weighted by molar-refractivity contribution is 0.568. The molecule has 0 aliphatic heterocycles. The highest BCUT2D eigenvalue weighted by molar-refractivity contribution is 5.84. The predicted octanol–water partition coefficient (Wildman–Crippen LogP) is 4.14. The van der Waals surface area contributed by atoms with E-state index >= 15 is 0 Å². The quantitative estimate of drug-likeness (QED) is 0.533. The van der Waals surface area contributed by atoms with E-state index < -0.39 is 0 Å². The molecule has 0 spiro atoms. The molecule has 110 valence electrons. The molecule has 4 heterocycles. The average molecular weight is 300 g/mol. The lowest BCUT2D eigenvalue weighted by Crippen LogP contribution is -1.90. The fourth-order valence-corrected chi connectivity index (χ4v) is 2.87. The fourth-order valence-electron chi connectivity index (χ4n) is 2.87. The van der Waals surface area contributed by atoms with Crippen LogP contribution in [0, 0.1) is 0 Å². The second-order valence-electron chi connectivity index (χ2n) is 5.46.